The Morgan fingerprint density at radius 3 is 2.83 bits per heavy atom. The molecule has 0 aromatic rings. The molecule has 2 bridgehead atoms. The molecule has 4 atom stereocenters. The standard InChI is InChI=1S/C10H18IN/c1-2-8-7-12-4-3-9(8)5-10(12)6-11/h8-10H,2-7H2,1H3/t8-,9-,10+/m0/s1. The van der Waals surface area contributed by atoms with Gasteiger partial charge in [-0.25, -0.2) is 0 Å². The lowest BCUT2D eigenvalue weighted by Crippen LogP contribution is -2.53. The van der Waals surface area contributed by atoms with Crippen LogP contribution in [-0.4, -0.2) is 28.5 Å². The summed E-state index contributed by atoms with van der Waals surface area (Å²) in [6, 6.07) is 0.923. The highest BCUT2D eigenvalue weighted by Crippen LogP contribution is 2.38. The van der Waals surface area contributed by atoms with Gasteiger partial charge in [-0.3, -0.25) is 4.90 Å². The molecule has 0 amide bonds. The number of nitrogens with zero attached hydrogens (tertiary/aromatic N) is 1. The quantitative estimate of drug-likeness (QED) is 0.554. The van der Waals surface area contributed by atoms with Crippen molar-refractivity contribution in [1.29, 1.82) is 0 Å². The molecule has 2 heteroatoms. The van der Waals surface area contributed by atoms with Crippen molar-refractivity contribution in [2.24, 2.45) is 11.8 Å². The first kappa shape index (κ1) is 9.25. The zero-order valence-corrected chi connectivity index (χ0v) is 9.96. The van der Waals surface area contributed by atoms with Crippen LogP contribution in [0.15, 0.2) is 0 Å². The maximum atomic E-state index is 2.72. The van der Waals surface area contributed by atoms with Crippen LogP contribution in [0, 0.1) is 11.8 Å². The van der Waals surface area contributed by atoms with E-state index in [1.54, 1.807) is 0 Å². The molecule has 0 aromatic heterocycles. The Morgan fingerprint density at radius 2 is 2.33 bits per heavy atom. The van der Waals surface area contributed by atoms with Gasteiger partial charge in [0.2, 0.25) is 0 Å². The predicted molar refractivity (Wildman–Crippen MR) is 60.8 cm³/mol. The van der Waals surface area contributed by atoms with Gasteiger partial charge in [-0.1, -0.05) is 35.9 Å². The molecule has 3 heterocycles. The summed E-state index contributed by atoms with van der Waals surface area (Å²) in [5, 5.41) is 0. The molecule has 0 spiro atoms. The topological polar surface area (TPSA) is 3.24 Å². The molecule has 3 aliphatic heterocycles. The van der Waals surface area contributed by atoms with Gasteiger partial charge in [-0.15, -0.1) is 0 Å². The predicted octanol–water partition coefficient (Wildman–Crippen LogP) is 2.54. The van der Waals surface area contributed by atoms with Gasteiger partial charge in [0.25, 0.3) is 0 Å². The van der Waals surface area contributed by atoms with E-state index in [1.807, 2.05) is 0 Å². The smallest absolute Gasteiger partial charge is 0.0188 e. The van der Waals surface area contributed by atoms with Crippen molar-refractivity contribution in [2.75, 3.05) is 17.5 Å². The molecule has 1 unspecified atom stereocenters. The monoisotopic (exact) mass is 279 g/mol. The molecule has 0 aromatic carbocycles. The van der Waals surface area contributed by atoms with Crippen molar-refractivity contribution < 1.29 is 0 Å². The van der Waals surface area contributed by atoms with Crippen LogP contribution in [0.25, 0.3) is 0 Å². The largest absolute Gasteiger partial charge is 0.299 e. The lowest BCUT2D eigenvalue weighted by atomic mass is 9.75. The van der Waals surface area contributed by atoms with E-state index in [0.29, 0.717) is 0 Å². The van der Waals surface area contributed by atoms with Gasteiger partial charge in [-0.2, -0.15) is 0 Å². The van der Waals surface area contributed by atoms with Crippen molar-refractivity contribution in [3.8, 4) is 0 Å². The van der Waals surface area contributed by atoms with Gasteiger partial charge < -0.3 is 0 Å². The fourth-order valence-electron chi connectivity index (χ4n) is 2.87. The van der Waals surface area contributed by atoms with Gasteiger partial charge in [0.15, 0.2) is 0 Å². The molecule has 70 valence electrons. The minimum atomic E-state index is 0.923. The van der Waals surface area contributed by atoms with E-state index in [9.17, 15) is 0 Å². The molecule has 12 heavy (non-hydrogen) atoms. The maximum Gasteiger partial charge on any atom is 0.0188 e. The lowest BCUT2D eigenvalue weighted by molar-refractivity contribution is 0.0107. The first-order valence-corrected chi connectivity index (χ1v) is 6.67. The fourth-order valence-corrected chi connectivity index (χ4v) is 3.79. The number of alkyl halides is 1. The van der Waals surface area contributed by atoms with Gasteiger partial charge in [0, 0.05) is 17.0 Å². The van der Waals surface area contributed by atoms with E-state index < -0.39 is 0 Å². The Hall–Kier alpha value is 0.690. The molecule has 3 aliphatic rings. The molecular formula is C10H18IN. The van der Waals surface area contributed by atoms with Crippen molar-refractivity contribution in [3.63, 3.8) is 0 Å². The normalized spacial score (nSPS) is 46.5. The summed E-state index contributed by atoms with van der Waals surface area (Å²) in [4.78, 5) is 2.72. The average Bonchev–Trinajstić information content (AvgIpc) is 2.18. The van der Waals surface area contributed by atoms with E-state index in [-0.39, 0.29) is 0 Å². The second-order valence-corrected chi connectivity index (χ2v) is 5.14. The summed E-state index contributed by atoms with van der Waals surface area (Å²) in [6.45, 7) is 5.13. The van der Waals surface area contributed by atoms with Crippen LogP contribution in [0.5, 0.6) is 0 Å². The number of rotatable bonds is 2. The molecular weight excluding hydrogens is 261 g/mol. The summed E-state index contributed by atoms with van der Waals surface area (Å²) in [5.74, 6) is 2.10. The van der Waals surface area contributed by atoms with Crippen molar-refractivity contribution >= 4 is 22.6 Å². The maximum absolute atomic E-state index is 2.72. The zero-order valence-electron chi connectivity index (χ0n) is 7.80. The molecule has 0 radical (unpaired) electrons. The summed E-state index contributed by atoms with van der Waals surface area (Å²) < 4.78 is 1.34. The summed E-state index contributed by atoms with van der Waals surface area (Å²) in [6.07, 6.45) is 4.36. The summed E-state index contributed by atoms with van der Waals surface area (Å²) in [7, 11) is 0. The van der Waals surface area contributed by atoms with Crippen LogP contribution >= 0.6 is 22.6 Å². The molecule has 0 N–H and O–H groups in total. The van der Waals surface area contributed by atoms with Crippen molar-refractivity contribution in [3.05, 3.63) is 0 Å². The molecule has 3 rings (SSSR count). The molecule has 1 nitrogen and oxygen atoms in total. The Labute approximate surface area is 89.0 Å². The van der Waals surface area contributed by atoms with Gasteiger partial charge in [0.1, 0.15) is 0 Å². The number of piperidine rings is 3. The number of fused-ring (bicyclic) bond motifs is 3. The average molecular weight is 279 g/mol. The zero-order chi connectivity index (χ0) is 8.55. The van der Waals surface area contributed by atoms with E-state index in [4.69, 9.17) is 0 Å². The van der Waals surface area contributed by atoms with E-state index in [2.05, 4.69) is 34.4 Å². The van der Waals surface area contributed by atoms with E-state index in [1.165, 1.54) is 36.8 Å². The third kappa shape index (κ3) is 1.52. The highest BCUT2D eigenvalue weighted by atomic mass is 127. The van der Waals surface area contributed by atoms with Crippen LogP contribution in [-0.2, 0) is 0 Å². The Bertz CT molecular complexity index is 142. The minimum absolute atomic E-state index is 0.923. The highest BCUT2D eigenvalue weighted by Gasteiger charge is 2.38. The van der Waals surface area contributed by atoms with Crippen LogP contribution < -0.4 is 0 Å². The van der Waals surface area contributed by atoms with Gasteiger partial charge >= 0.3 is 0 Å². The second-order valence-electron chi connectivity index (χ2n) is 4.26. The Kier molecular flexibility index (Phi) is 2.95. The molecule has 0 aliphatic carbocycles. The summed E-state index contributed by atoms with van der Waals surface area (Å²) in [5.41, 5.74) is 0. The molecule has 3 saturated heterocycles. The summed E-state index contributed by atoms with van der Waals surface area (Å²) >= 11 is 2.54. The minimum Gasteiger partial charge on any atom is -0.299 e. The Morgan fingerprint density at radius 1 is 1.50 bits per heavy atom. The third-order valence-electron chi connectivity index (χ3n) is 3.72. The van der Waals surface area contributed by atoms with Crippen LogP contribution in [0.1, 0.15) is 26.2 Å². The van der Waals surface area contributed by atoms with Gasteiger partial charge in [-0.05, 0) is 31.2 Å². The number of halogens is 1. The molecule has 0 saturated carbocycles. The number of hydrogen-bond donors (Lipinski definition) is 0. The van der Waals surface area contributed by atoms with Crippen molar-refractivity contribution in [1.82, 2.24) is 4.90 Å². The van der Waals surface area contributed by atoms with Crippen LogP contribution in [0.3, 0.4) is 0 Å². The SMILES string of the molecule is CC[C@H]1CN2CC[C@H]1C[C@@H]2CI. The molecule has 3 fully saturated rings. The van der Waals surface area contributed by atoms with E-state index >= 15 is 0 Å². The van der Waals surface area contributed by atoms with E-state index in [0.717, 1.165) is 17.9 Å². The van der Waals surface area contributed by atoms with Crippen molar-refractivity contribution in [2.45, 2.75) is 32.2 Å². The van der Waals surface area contributed by atoms with Gasteiger partial charge in [0.05, 0.1) is 0 Å². The first-order chi connectivity index (χ1) is 5.85. The fraction of sp³-hybridized carbons (Fsp3) is 1.00. The number of hydrogen-bond acceptors (Lipinski definition) is 1. The van der Waals surface area contributed by atoms with Crippen LogP contribution in [0.4, 0.5) is 0 Å². The lowest BCUT2D eigenvalue weighted by Gasteiger charge is -2.49. The van der Waals surface area contributed by atoms with Crippen LogP contribution in [0.2, 0.25) is 0 Å². The Balaban J connectivity index is 2.01. The highest BCUT2D eigenvalue weighted by molar-refractivity contribution is 14.1. The third-order valence-corrected chi connectivity index (χ3v) is 4.73. The second kappa shape index (κ2) is 3.82. The first-order valence-electron chi connectivity index (χ1n) is 5.15.